The number of carbonyl (C=O) groups excluding carboxylic acids is 4. The van der Waals surface area contributed by atoms with Gasteiger partial charge in [0.1, 0.15) is 29.2 Å². The number of amides is 4. The minimum Gasteiger partial charge on any atom is -0.508 e. The van der Waals surface area contributed by atoms with Gasteiger partial charge in [-0.15, -0.1) is 0 Å². The molecule has 5 aliphatic carbocycles. The summed E-state index contributed by atoms with van der Waals surface area (Å²) in [4.78, 5) is 102. The first kappa shape index (κ1) is 65.6. The number of benzene rings is 3. The van der Waals surface area contributed by atoms with Crippen LogP contribution in [0.25, 0.3) is 33.4 Å². The number of aromatic hydroxyl groups is 1. The van der Waals surface area contributed by atoms with Crippen molar-refractivity contribution in [2.24, 2.45) is 46.3 Å². The number of rotatable bonds is 30. The number of aromatic carboxylic acids is 1. The van der Waals surface area contributed by atoms with E-state index in [0.29, 0.717) is 46.7 Å². The van der Waals surface area contributed by atoms with Crippen molar-refractivity contribution in [3.63, 3.8) is 0 Å². The molecule has 0 bridgehead atoms. The molecule has 0 spiro atoms. The highest BCUT2D eigenvalue weighted by molar-refractivity contribution is 8.76. The second kappa shape index (κ2) is 29.5. The molecule has 9 N–H and O–H groups in total. The Labute approximate surface area is 511 Å². The van der Waals surface area contributed by atoms with Crippen molar-refractivity contribution < 1.29 is 58.4 Å². The zero-order chi connectivity index (χ0) is 61.9. The molecular weight excluding hydrogens is 1130 g/mol. The lowest BCUT2D eigenvalue weighted by Gasteiger charge is -2.58. The van der Waals surface area contributed by atoms with Gasteiger partial charge < -0.3 is 51.4 Å². The summed E-state index contributed by atoms with van der Waals surface area (Å²) in [5, 5.41) is 54.4. The van der Waals surface area contributed by atoms with Crippen LogP contribution in [0.3, 0.4) is 0 Å². The van der Waals surface area contributed by atoms with E-state index in [0.717, 1.165) is 48.3 Å². The normalized spacial score (nSPS) is 23.5. The van der Waals surface area contributed by atoms with E-state index in [2.05, 4.69) is 67.3 Å². The van der Waals surface area contributed by atoms with Gasteiger partial charge in [0, 0.05) is 84.1 Å². The van der Waals surface area contributed by atoms with E-state index >= 15 is 0 Å². The van der Waals surface area contributed by atoms with Gasteiger partial charge in [-0.1, -0.05) is 93.2 Å². The number of hydrogen-bond donors (Lipinski definition) is 9. The molecule has 1 heterocycles. The Hall–Kier alpha value is -6.38. The summed E-state index contributed by atoms with van der Waals surface area (Å²) in [5.41, 5.74) is 3.28. The third kappa shape index (κ3) is 16.0. The van der Waals surface area contributed by atoms with Gasteiger partial charge in [0.2, 0.25) is 17.7 Å². The fraction of sp³-hybridized carbons (Fsp3) is 0.576. The molecule has 3 saturated carbocycles. The standard InChI is InChI=1S/C66H87N5O13S2/c1-38(2)8-6-9-39(3)50-18-19-51-46-15-11-41-35-42(24-27-65(41,4)52(46)25-28-66(50,51)5)67-29-7-30-68-62(80)53(20-22-58(75)76)71-63(81)54(21-23-59(77)78)70-57(74)26-32-85-86-33-31-69-61(79)40-10-14-45(49(34-40)64(82)83)60-47-16-12-43(72)36-55(47)84-56-37-44(73)13-17-48(56)60/h10-14,16-17,34,36-39,42,46,50-54,67,72H,6-9,15,18-33,35H2,1-5H3,(H,68,80)(H,69,79)(H,70,74)(H,71,81)(H,75,76)(H,77,78)(H,82,83)/t39-,42+,46+,50?,51+,52?,53+,54+,65?,66?/m1/s1. The number of aliphatic carboxylic acids is 2. The van der Waals surface area contributed by atoms with Crippen molar-refractivity contribution in [2.45, 2.75) is 162 Å². The minimum atomic E-state index is -1.32. The molecule has 18 nitrogen and oxygen atoms in total. The molecule has 20 heteroatoms. The lowest BCUT2D eigenvalue weighted by atomic mass is 9.47. The van der Waals surface area contributed by atoms with Crippen LogP contribution >= 0.6 is 21.6 Å². The lowest BCUT2D eigenvalue weighted by Crippen LogP contribution is -2.54. The fourth-order valence-corrected chi connectivity index (χ4v) is 16.9. The summed E-state index contributed by atoms with van der Waals surface area (Å²) < 4.78 is 5.90. The number of carbonyl (C=O) groups is 7. The van der Waals surface area contributed by atoms with E-state index in [-0.39, 0.29) is 82.7 Å². The molecule has 2 aromatic rings. The zero-order valence-corrected chi connectivity index (χ0v) is 51.9. The number of allylic oxidation sites excluding steroid dienone is 1. The van der Waals surface area contributed by atoms with E-state index < -0.39 is 66.5 Å². The number of phenols is 1. The van der Waals surface area contributed by atoms with Crippen molar-refractivity contribution in [1.82, 2.24) is 26.6 Å². The Morgan fingerprint density at radius 3 is 2.17 bits per heavy atom. The van der Waals surface area contributed by atoms with Gasteiger partial charge >= 0.3 is 17.9 Å². The molecule has 0 aromatic heterocycles. The second-order valence-electron chi connectivity index (χ2n) is 25.4. The van der Waals surface area contributed by atoms with Gasteiger partial charge in [-0.2, -0.15) is 0 Å². The van der Waals surface area contributed by atoms with Crippen LogP contribution in [0.1, 0.15) is 164 Å². The van der Waals surface area contributed by atoms with E-state index in [1.54, 1.807) is 11.6 Å². The van der Waals surface area contributed by atoms with Crippen LogP contribution in [0.2, 0.25) is 0 Å². The van der Waals surface area contributed by atoms with E-state index in [4.69, 9.17) is 4.42 Å². The first-order valence-corrected chi connectivity index (χ1v) is 33.4. The Bertz CT molecular complexity index is 3180. The van der Waals surface area contributed by atoms with Crippen molar-refractivity contribution in [3.05, 3.63) is 87.6 Å². The molecule has 4 amide bonds. The number of carboxylic acids is 3. The van der Waals surface area contributed by atoms with Crippen molar-refractivity contribution in [2.75, 3.05) is 31.1 Å². The van der Waals surface area contributed by atoms with Gasteiger partial charge in [0.25, 0.3) is 5.91 Å². The smallest absolute Gasteiger partial charge is 0.336 e. The number of carboxylic acid groups (broad SMARTS) is 3. The molecule has 86 heavy (non-hydrogen) atoms. The molecule has 10 atom stereocenters. The van der Waals surface area contributed by atoms with Gasteiger partial charge in [-0.05, 0) is 165 Å². The highest BCUT2D eigenvalue weighted by atomic mass is 33.1. The monoisotopic (exact) mass is 1220 g/mol. The Morgan fingerprint density at radius 2 is 1.44 bits per heavy atom. The largest absolute Gasteiger partial charge is 0.508 e. The van der Waals surface area contributed by atoms with Crippen LogP contribution in [0, 0.1) is 46.3 Å². The van der Waals surface area contributed by atoms with Gasteiger partial charge in [0.05, 0.1) is 5.56 Å². The molecule has 6 aliphatic rings. The highest BCUT2D eigenvalue weighted by Crippen LogP contribution is 2.67. The molecule has 3 fully saturated rings. The van der Waals surface area contributed by atoms with Crippen LogP contribution in [0.4, 0.5) is 0 Å². The van der Waals surface area contributed by atoms with Crippen LogP contribution in [0.5, 0.6) is 5.75 Å². The summed E-state index contributed by atoms with van der Waals surface area (Å²) in [6, 6.07) is 10.6. The van der Waals surface area contributed by atoms with Crippen molar-refractivity contribution in [3.8, 4) is 28.2 Å². The van der Waals surface area contributed by atoms with Gasteiger partial charge in [0.15, 0.2) is 5.43 Å². The van der Waals surface area contributed by atoms with E-state index in [9.17, 15) is 58.8 Å². The first-order chi connectivity index (χ1) is 41.1. The quantitative estimate of drug-likeness (QED) is 0.0101. The molecule has 466 valence electrons. The predicted molar refractivity (Wildman–Crippen MR) is 335 cm³/mol. The SMILES string of the molecule is CC(C)CCC[C@@H](C)C1CC[C@H]2[C@@H]3CC=C4C[C@@H](NCCCNC(=O)[C@H](CCC(=O)O)NC(=O)[C@H](CCC(=O)O)NC(=O)CCSSCCNC(=O)c5ccc(-c6c7ccc(=O)cc-7oc7cc(O)ccc67)c(C(=O)O)c5)CCC4(C)C3CCC12C. The highest BCUT2D eigenvalue weighted by Gasteiger charge is 2.59. The summed E-state index contributed by atoms with van der Waals surface area (Å²) in [7, 11) is 2.68. The Morgan fingerprint density at radius 1 is 0.709 bits per heavy atom. The maximum atomic E-state index is 13.7. The zero-order valence-electron chi connectivity index (χ0n) is 50.3. The van der Waals surface area contributed by atoms with Crippen molar-refractivity contribution in [1.29, 1.82) is 0 Å². The van der Waals surface area contributed by atoms with Crippen LogP contribution in [0.15, 0.2) is 75.5 Å². The first-order valence-electron chi connectivity index (χ1n) is 30.9. The number of fused-ring (bicyclic) bond motifs is 7. The molecule has 0 saturated heterocycles. The summed E-state index contributed by atoms with van der Waals surface area (Å²) in [6.07, 6.45) is 15.7. The predicted octanol–water partition coefficient (Wildman–Crippen LogP) is 10.7. The fourth-order valence-electron chi connectivity index (χ4n) is 15.0. The maximum Gasteiger partial charge on any atom is 0.336 e. The second-order valence-corrected chi connectivity index (χ2v) is 28.1. The molecule has 4 unspecified atom stereocenters. The molecule has 1 aliphatic heterocycles. The topological polar surface area (TPSA) is 291 Å². The molecule has 2 aromatic carbocycles. The lowest BCUT2D eigenvalue weighted by molar-refractivity contribution is -0.139. The number of nitrogens with one attached hydrogen (secondary N) is 5. The van der Waals surface area contributed by atoms with Gasteiger partial charge in [-0.25, -0.2) is 4.79 Å². The Balaban J connectivity index is 0.757. The van der Waals surface area contributed by atoms with Gasteiger partial charge in [-0.3, -0.25) is 33.6 Å². The van der Waals surface area contributed by atoms with Crippen molar-refractivity contribution >= 4 is 74.1 Å². The average Bonchev–Trinajstić information content (AvgIpc) is 1.39. The third-order valence-corrected chi connectivity index (χ3v) is 21.8. The molecular formula is C66H87N5O13S2. The molecule has 0 radical (unpaired) electrons. The average molecular weight is 1220 g/mol. The molecule has 8 rings (SSSR count). The summed E-state index contributed by atoms with van der Waals surface area (Å²) in [5.74, 6) is -0.608. The van der Waals surface area contributed by atoms with Crippen LogP contribution in [-0.4, -0.2) is 111 Å². The van der Waals surface area contributed by atoms with E-state index in [1.807, 2.05) is 0 Å². The van der Waals surface area contributed by atoms with E-state index in [1.165, 1.54) is 128 Å². The van der Waals surface area contributed by atoms with Crippen LogP contribution < -0.4 is 32.0 Å². The summed E-state index contributed by atoms with van der Waals surface area (Å²) >= 11 is 0. The van der Waals surface area contributed by atoms with Crippen LogP contribution in [-0.2, 0) is 24.0 Å². The maximum absolute atomic E-state index is 13.7. The summed E-state index contributed by atoms with van der Waals surface area (Å²) in [6.45, 7) is 13.5. The third-order valence-electron chi connectivity index (χ3n) is 19.4. The number of phenolic OH excluding ortho intramolecular Hbond substituents is 1. The minimum absolute atomic E-state index is 0.0567. The Kier molecular flexibility index (Phi) is 22.5. The number of hydrogen-bond acceptors (Lipinski definition) is 13.